The second-order valence-corrected chi connectivity index (χ2v) is 7.92. The van der Waals surface area contributed by atoms with E-state index in [2.05, 4.69) is 5.32 Å². The Morgan fingerprint density at radius 2 is 1.85 bits per heavy atom. The van der Waals surface area contributed by atoms with Crippen molar-refractivity contribution in [2.45, 2.75) is 33.7 Å². The number of urea groups is 1. The second-order valence-electron chi connectivity index (χ2n) is 5.75. The standard InChI is InChI=1S/C17H24N2O5S2/c1-5-23-15(20)12-11(4)13(16(21)24-6-2)26-14(12)18-17(22)19-7-8-25-9-10(19)3/h10H,5-9H2,1-4H3,(H,18,22)/t10-/m1/s1. The average Bonchev–Trinajstić information content (AvgIpc) is 2.92. The van der Waals surface area contributed by atoms with Crippen LogP contribution in [0.3, 0.4) is 0 Å². The summed E-state index contributed by atoms with van der Waals surface area (Å²) in [4.78, 5) is 39.2. The Kier molecular flexibility index (Phi) is 7.33. The van der Waals surface area contributed by atoms with Crippen LogP contribution in [0.2, 0.25) is 0 Å². The van der Waals surface area contributed by atoms with E-state index in [4.69, 9.17) is 9.47 Å². The van der Waals surface area contributed by atoms with Crippen molar-refractivity contribution in [3.05, 3.63) is 16.0 Å². The number of carbonyl (C=O) groups excluding carboxylic acids is 3. The summed E-state index contributed by atoms with van der Waals surface area (Å²) in [6.07, 6.45) is 0. The first-order chi connectivity index (χ1) is 12.4. The lowest BCUT2D eigenvalue weighted by molar-refractivity contribution is 0.0527. The van der Waals surface area contributed by atoms with Gasteiger partial charge in [-0.2, -0.15) is 11.8 Å². The lowest BCUT2D eigenvalue weighted by atomic mass is 10.1. The molecule has 9 heteroatoms. The normalized spacial score (nSPS) is 16.9. The highest BCUT2D eigenvalue weighted by Crippen LogP contribution is 2.34. The van der Waals surface area contributed by atoms with Crippen LogP contribution in [0.4, 0.5) is 9.80 Å². The van der Waals surface area contributed by atoms with E-state index in [9.17, 15) is 14.4 Å². The molecule has 2 heterocycles. The summed E-state index contributed by atoms with van der Waals surface area (Å²) < 4.78 is 10.1. The molecule has 1 N–H and O–H groups in total. The van der Waals surface area contributed by atoms with Crippen molar-refractivity contribution < 1.29 is 23.9 Å². The van der Waals surface area contributed by atoms with E-state index < -0.39 is 11.9 Å². The van der Waals surface area contributed by atoms with Crippen molar-refractivity contribution in [3.8, 4) is 0 Å². The molecule has 1 saturated heterocycles. The number of thioether (sulfide) groups is 1. The molecule has 0 bridgehead atoms. The van der Waals surface area contributed by atoms with Crippen LogP contribution in [-0.2, 0) is 9.47 Å². The number of thiophene rings is 1. The number of carbonyl (C=O) groups is 3. The molecule has 0 saturated carbocycles. The zero-order chi connectivity index (χ0) is 19.3. The van der Waals surface area contributed by atoms with Gasteiger partial charge in [0.05, 0.1) is 18.8 Å². The minimum absolute atomic E-state index is 0.102. The van der Waals surface area contributed by atoms with Gasteiger partial charge >= 0.3 is 18.0 Å². The maximum absolute atomic E-state index is 12.7. The maximum atomic E-state index is 12.7. The van der Waals surface area contributed by atoms with Gasteiger partial charge in [0, 0.05) is 24.1 Å². The summed E-state index contributed by atoms with van der Waals surface area (Å²) in [7, 11) is 0. The van der Waals surface area contributed by atoms with E-state index in [0.29, 0.717) is 22.0 Å². The third-order valence-electron chi connectivity index (χ3n) is 3.94. The van der Waals surface area contributed by atoms with Crippen molar-refractivity contribution in [2.24, 2.45) is 0 Å². The van der Waals surface area contributed by atoms with Crippen LogP contribution in [0, 0.1) is 6.92 Å². The molecular weight excluding hydrogens is 376 g/mol. The summed E-state index contributed by atoms with van der Waals surface area (Å²) in [6, 6.07) is -0.176. The molecule has 0 spiro atoms. The molecule has 1 aliphatic heterocycles. The number of hydrogen-bond acceptors (Lipinski definition) is 7. The molecule has 2 rings (SSSR count). The van der Waals surface area contributed by atoms with Gasteiger partial charge < -0.3 is 14.4 Å². The van der Waals surface area contributed by atoms with E-state index in [1.165, 1.54) is 0 Å². The molecule has 0 aromatic carbocycles. The number of esters is 2. The Balaban J connectivity index is 2.32. The van der Waals surface area contributed by atoms with E-state index >= 15 is 0 Å². The van der Waals surface area contributed by atoms with Gasteiger partial charge in [0.15, 0.2) is 0 Å². The zero-order valence-corrected chi connectivity index (χ0v) is 17.1. The number of nitrogens with zero attached hydrogens (tertiary/aromatic N) is 1. The number of nitrogens with one attached hydrogen (secondary N) is 1. The Morgan fingerprint density at radius 1 is 1.19 bits per heavy atom. The van der Waals surface area contributed by atoms with Crippen molar-refractivity contribution in [2.75, 3.05) is 36.6 Å². The predicted octanol–water partition coefficient (Wildman–Crippen LogP) is 3.38. The molecule has 0 radical (unpaired) electrons. The minimum Gasteiger partial charge on any atom is -0.462 e. The van der Waals surface area contributed by atoms with Crippen LogP contribution >= 0.6 is 23.1 Å². The number of anilines is 1. The third-order valence-corrected chi connectivity index (χ3v) is 6.31. The van der Waals surface area contributed by atoms with Gasteiger partial charge in [-0.05, 0) is 33.3 Å². The smallest absolute Gasteiger partial charge is 0.348 e. The Labute approximate surface area is 161 Å². The molecule has 0 aliphatic carbocycles. The minimum atomic E-state index is -0.561. The monoisotopic (exact) mass is 400 g/mol. The fourth-order valence-corrected chi connectivity index (χ4v) is 4.73. The van der Waals surface area contributed by atoms with Crippen LogP contribution in [-0.4, -0.2) is 60.2 Å². The molecule has 1 aliphatic rings. The molecule has 1 atom stereocenters. The molecular formula is C17H24N2O5S2. The van der Waals surface area contributed by atoms with E-state index in [1.807, 2.05) is 6.92 Å². The van der Waals surface area contributed by atoms with Crippen LogP contribution in [0.15, 0.2) is 0 Å². The van der Waals surface area contributed by atoms with Gasteiger partial charge in [0.25, 0.3) is 0 Å². The highest BCUT2D eigenvalue weighted by molar-refractivity contribution is 7.99. The number of rotatable bonds is 5. The molecule has 1 aromatic rings. The Bertz CT molecular complexity index is 689. The van der Waals surface area contributed by atoms with Crippen molar-refractivity contribution >= 4 is 46.1 Å². The topological polar surface area (TPSA) is 84.9 Å². The number of hydrogen-bond donors (Lipinski definition) is 1. The third kappa shape index (κ3) is 4.50. The fourth-order valence-electron chi connectivity index (χ4n) is 2.64. The maximum Gasteiger partial charge on any atom is 0.348 e. The first-order valence-electron chi connectivity index (χ1n) is 8.53. The van der Waals surface area contributed by atoms with E-state index in [1.54, 1.807) is 37.4 Å². The first-order valence-corrected chi connectivity index (χ1v) is 10.5. The van der Waals surface area contributed by atoms with Gasteiger partial charge in [0.1, 0.15) is 9.88 Å². The van der Waals surface area contributed by atoms with Crippen molar-refractivity contribution in [3.63, 3.8) is 0 Å². The molecule has 7 nitrogen and oxygen atoms in total. The molecule has 1 aromatic heterocycles. The average molecular weight is 401 g/mol. The predicted molar refractivity (Wildman–Crippen MR) is 103 cm³/mol. The van der Waals surface area contributed by atoms with E-state index in [-0.39, 0.29) is 30.9 Å². The number of amides is 2. The lowest BCUT2D eigenvalue weighted by Crippen LogP contribution is -2.46. The molecule has 2 amide bonds. The second kappa shape index (κ2) is 9.27. The van der Waals surface area contributed by atoms with E-state index in [0.717, 1.165) is 22.8 Å². The van der Waals surface area contributed by atoms with Crippen molar-refractivity contribution in [1.82, 2.24) is 4.90 Å². The summed E-state index contributed by atoms with van der Waals surface area (Å²) in [6.45, 7) is 8.14. The number of ether oxygens (including phenoxy) is 2. The largest absolute Gasteiger partial charge is 0.462 e. The summed E-state index contributed by atoms with van der Waals surface area (Å²) in [5.41, 5.74) is 0.678. The highest BCUT2D eigenvalue weighted by Gasteiger charge is 2.30. The van der Waals surface area contributed by atoms with Gasteiger partial charge in [-0.3, -0.25) is 5.32 Å². The van der Waals surface area contributed by atoms with Gasteiger partial charge in [0.2, 0.25) is 0 Å². The molecule has 26 heavy (non-hydrogen) atoms. The van der Waals surface area contributed by atoms with Gasteiger partial charge in [-0.25, -0.2) is 14.4 Å². The van der Waals surface area contributed by atoms with Crippen LogP contribution < -0.4 is 5.32 Å². The lowest BCUT2D eigenvalue weighted by Gasteiger charge is -2.32. The summed E-state index contributed by atoms with van der Waals surface area (Å²) >= 11 is 2.85. The SMILES string of the molecule is CCOC(=O)c1sc(NC(=O)N2CCSC[C@H]2C)c(C(=O)OCC)c1C. The quantitative estimate of drug-likeness (QED) is 0.763. The summed E-state index contributed by atoms with van der Waals surface area (Å²) in [5, 5.41) is 3.11. The van der Waals surface area contributed by atoms with Gasteiger partial charge in [-0.1, -0.05) is 0 Å². The first kappa shape index (κ1) is 20.6. The highest BCUT2D eigenvalue weighted by atomic mass is 32.2. The Morgan fingerprint density at radius 3 is 2.46 bits per heavy atom. The zero-order valence-electron chi connectivity index (χ0n) is 15.4. The molecule has 0 unspecified atom stereocenters. The summed E-state index contributed by atoms with van der Waals surface area (Å²) in [5.74, 6) is 0.675. The Hall–Kier alpha value is -1.74. The van der Waals surface area contributed by atoms with Crippen LogP contribution in [0.25, 0.3) is 0 Å². The molecule has 144 valence electrons. The molecule has 1 fully saturated rings. The van der Waals surface area contributed by atoms with Gasteiger partial charge in [-0.15, -0.1) is 11.3 Å². The fraction of sp³-hybridized carbons (Fsp3) is 0.588. The van der Waals surface area contributed by atoms with Crippen molar-refractivity contribution in [1.29, 1.82) is 0 Å². The van der Waals surface area contributed by atoms with Crippen LogP contribution in [0.1, 0.15) is 46.4 Å². The van der Waals surface area contributed by atoms with Crippen LogP contribution in [0.5, 0.6) is 0 Å².